The standard InChI is InChI=1S/C12H17BrFN3O2/c1-12(2,16(3)4)7-15-10-5-8(13)9(14)6-11(10)17(18)19/h5-6,15H,7H2,1-4H3. The molecule has 1 N–H and O–H groups in total. The van der Waals surface area contributed by atoms with Crippen LogP contribution in [-0.2, 0) is 0 Å². The number of hydrogen-bond acceptors (Lipinski definition) is 4. The van der Waals surface area contributed by atoms with Gasteiger partial charge in [-0.2, -0.15) is 0 Å². The van der Waals surface area contributed by atoms with E-state index in [-0.39, 0.29) is 15.7 Å². The molecule has 0 amide bonds. The van der Waals surface area contributed by atoms with E-state index >= 15 is 0 Å². The largest absolute Gasteiger partial charge is 0.378 e. The highest BCUT2D eigenvalue weighted by atomic mass is 79.9. The maximum Gasteiger partial charge on any atom is 0.295 e. The van der Waals surface area contributed by atoms with Gasteiger partial charge in [-0.05, 0) is 49.9 Å². The van der Waals surface area contributed by atoms with Gasteiger partial charge in [-0.15, -0.1) is 0 Å². The van der Waals surface area contributed by atoms with Gasteiger partial charge in [0.2, 0.25) is 0 Å². The van der Waals surface area contributed by atoms with Crippen LogP contribution in [0.1, 0.15) is 13.8 Å². The number of nitrogens with one attached hydrogen (secondary N) is 1. The number of anilines is 1. The summed E-state index contributed by atoms with van der Waals surface area (Å²) in [5, 5.41) is 13.9. The first-order valence-corrected chi connectivity index (χ1v) is 6.49. The van der Waals surface area contributed by atoms with Gasteiger partial charge in [0.25, 0.3) is 5.69 Å². The first-order valence-electron chi connectivity index (χ1n) is 5.70. The van der Waals surface area contributed by atoms with Crippen molar-refractivity contribution in [2.75, 3.05) is 26.0 Å². The van der Waals surface area contributed by atoms with E-state index in [1.165, 1.54) is 6.07 Å². The van der Waals surface area contributed by atoms with Crippen LogP contribution in [0.3, 0.4) is 0 Å². The molecule has 0 spiro atoms. The van der Waals surface area contributed by atoms with Gasteiger partial charge in [0, 0.05) is 12.1 Å². The van der Waals surface area contributed by atoms with E-state index < -0.39 is 10.7 Å². The van der Waals surface area contributed by atoms with Crippen molar-refractivity contribution in [3.05, 3.63) is 32.5 Å². The number of nitrogens with zero attached hydrogens (tertiary/aromatic N) is 2. The molecule has 0 aromatic heterocycles. The average molecular weight is 334 g/mol. The van der Waals surface area contributed by atoms with Crippen molar-refractivity contribution in [1.82, 2.24) is 4.90 Å². The zero-order valence-corrected chi connectivity index (χ0v) is 12.9. The summed E-state index contributed by atoms with van der Waals surface area (Å²) in [5.74, 6) is -0.649. The lowest BCUT2D eigenvalue weighted by Gasteiger charge is -2.32. The lowest BCUT2D eigenvalue weighted by Crippen LogP contribution is -2.44. The number of nitro benzene ring substituents is 1. The molecule has 1 aromatic carbocycles. The fourth-order valence-corrected chi connectivity index (χ4v) is 1.64. The van der Waals surface area contributed by atoms with E-state index in [0.29, 0.717) is 12.2 Å². The van der Waals surface area contributed by atoms with Gasteiger partial charge in [0.15, 0.2) is 0 Å². The predicted octanol–water partition coefficient (Wildman–Crippen LogP) is 3.25. The van der Waals surface area contributed by atoms with Gasteiger partial charge in [0.05, 0.1) is 15.5 Å². The number of hydrogen-bond donors (Lipinski definition) is 1. The van der Waals surface area contributed by atoms with Crippen molar-refractivity contribution in [3.8, 4) is 0 Å². The molecule has 1 aromatic rings. The van der Waals surface area contributed by atoms with Crippen LogP contribution in [0.15, 0.2) is 16.6 Å². The first-order chi connectivity index (χ1) is 8.65. The van der Waals surface area contributed by atoms with Crippen molar-refractivity contribution in [1.29, 1.82) is 0 Å². The maximum atomic E-state index is 13.3. The minimum atomic E-state index is -0.649. The molecule has 0 bridgehead atoms. The Bertz CT molecular complexity index is 492. The van der Waals surface area contributed by atoms with E-state index in [2.05, 4.69) is 21.2 Å². The molecule has 0 aliphatic heterocycles. The molecule has 106 valence electrons. The molecule has 1 rings (SSSR count). The highest BCUT2D eigenvalue weighted by Crippen LogP contribution is 2.31. The van der Waals surface area contributed by atoms with Gasteiger partial charge in [-0.25, -0.2) is 4.39 Å². The van der Waals surface area contributed by atoms with Crippen molar-refractivity contribution in [2.45, 2.75) is 19.4 Å². The summed E-state index contributed by atoms with van der Waals surface area (Å²) in [7, 11) is 3.85. The summed E-state index contributed by atoms with van der Waals surface area (Å²) in [5.41, 5.74) is -0.155. The van der Waals surface area contributed by atoms with Gasteiger partial charge in [0.1, 0.15) is 11.5 Å². The van der Waals surface area contributed by atoms with Crippen LogP contribution in [0, 0.1) is 15.9 Å². The lowest BCUT2D eigenvalue weighted by atomic mass is 10.0. The van der Waals surface area contributed by atoms with Crippen LogP contribution in [0.25, 0.3) is 0 Å². The second kappa shape index (κ2) is 5.83. The molecule has 19 heavy (non-hydrogen) atoms. The van der Waals surface area contributed by atoms with Gasteiger partial charge in [-0.3, -0.25) is 10.1 Å². The highest BCUT2D eigenvalue weighted by molar-refractivity contribution is 9.10. The Morgan fingerprint density at radius 2 is 2.05 bits per heavy atom. The molecule has 7 heteroatoms. The zero-order chi connectivity index (χ0) is 14.8. The molecular formula is C12H17BrFN3O2. The highest BCUT2D eigenvalue weighted by Gasteiger charge is 2.23. The SMILES string of the molecule is CN(C)C(C)(C)CNc1cc(Br)c(F)cc1[N+](=O)[O-]. The zero-order valence-electron chi connectivity index (χ0n) is 11.3. The number of likely N-dealkylation sites (N-methyl/N-ethyl adjacent to an activating group) is 1. The lowest BCUT2D eigenvalue weighted by molar-refractivity contribution is -0.384. The minimum Gasteiger partial charge on any atom is -0.378 e. The molecule has 0 fully saturated rings. The Hall–Kier alpha value is -1.21. The Kier molecular flexibility index (Phi) is 4.86. The molecule has 0 aliphatic carbocycles. The van der Waals surface area contributed by atoms with Crippen LogP contribution >= 0.6 is 15.9 Å². The quantitative estimate of drug-likeness (QED) is 0.663. The predicted molar refractivity (Wildman–Crippen MR) is 77.0 cm³/mol. The smallest absolute Gasteiger partial charge is 0.295 e. The van der Waals surface area contributed by atoms with Crippen LogP contribution in [0.2, 0.25) is 0 Å². The molecular weight excluding hydrogens is 317 g/mol. The van der Waals surface area contributed by atoms with Crippen molar-refractivity contribution in [2.24, 2.45) is 0 Å². The minimum absolute atomic E-state index is 0.186. The summed E-state index contributed by atoms with van der Waals surface area (Å²) >= 11 is 3.03. The number of rotatable bonds is 5. The normalized spacial score (nSPS) is 11.7. The van der Waals surface area contributed by atoms with E-state index in [4.69, 9.17) is 0 Å². The first kappa shape index (κ1) is 15.8. The molecule has 5 nitrogen and oxygen atoms in total. The van der Waals surface area contributed by atoms with Gasteiger partial charge in [-0.1, -0.05) is 0 Å². The van der Waals surface area contributed by atoms with E-state index in [1.54, 1.807) is 0 Å². The van der Waals surface area contributed by atoms with Crippen LogP contribution in [0.4, 0.5) is 15.8 Å². The Morgan fingerprint density at radius 1 is 1.47 bits per heavy atom. The Morgan fingerprint density at radius 3 is 2.53 bits per heavy atom. The molecule has 0 radical (unpaired) electrons. The van der Waals surface area contributed by atoms with E-state index in [0.717, 1.165) is 6.07 Å². The van der Waals surface area contributed by atoms with Crippen molar-refractivity contribution >= 4 is 27.3 Å². The topological polar surface area (TPSA) is 58.4 Å². The molecule has 0 saturated carbocycles. The van der Waals surface area contributed by atoms with Crippen LogP contribution in [-0.4, -0.2) is 36.0 Å². The monoisotopic (exact) mass is 333 g/mol. The maximum absolute atomic E-state index is 13.3. The third-order valence-corrected chi connectivity index (χ3v) is 3.77. The summed E-state index contributed by atoms with van der Waals surface area (Å²) in [6.07, 6.45) is 0. The summed E-state index contributed by atoms with van der Waals surface area (Å²) in [6, 6.07) is 2.30. The second-order valence-electron chi connectivity index (χ2n) is 5.10. The molecule has 0 unspecified atom stereocenters. The fourth-order valence-electron chi connectivity index (χ4n) is 1.30. The molecule has 0 aliphatic rings. The van der Waals surface area contributed by atoms with E-state index in [1.807, 2.05) is 32.8 Å². The van der Waals surface area contributed by atoms with Crippen LogP contribution in [0.5, 0.6) is 0 Å². The van der Waals surface area contributed by atoms with Gasteiger partial charge >= 0.3 is 0 Å². The third-order valence-electron chi connectivity index (χ3n) is 3.16. The molecule has 0 atom stereocenters. The van der Waals surface area contributed by atoms with E-state index in [9.17, 15) is 14.5 Å². The fraction of sp³-hybridized carbons (Fsp3) is 0.500. The Balaban J connectivity index is 3.01. The number of benzene rings is 1. The summed E-state index contributed by atoms with van der Waals surface area (Å²) < 4.78 is 13.5. The van der Waals surface area contributed by atoms with Crippen molar-refractivity contribution < 1.29 is 9.31 Å². The summed E-state index contributed by atoms with van der Waals surface area (Å²) in [4.78, 5) is 12.3. The number of nitro groups is 1. The van der Waals surface area contributed by atoms with Crippen LogP contribution < -0.4 is 5.32 Å². The number of halogens is 2. The molecule has 0 heterocycles. The summed E-state index contributed by atoms with van der Waals surface area (Å²) in [6.45, 7) is 4.51. The average Bonchev–Trinajstić information content (AvgIpc) is 2.29. The Labute approximate surface area is 120 Å². The second-order valence-corrected chi connectivity index (χ2v) is 5.96. The van der Waals surface area contributed by atoms with Gasteiger partial charge < -0.3 is 10.2 Å². The third kappa shape index (κ3) is 3.87. The van der Waals surface area contributed by atoms with Crippen molar-refractivity contribution in [3.63, 3.8) is 0 Å². The molecule has 0 saturated heterocycles.